The average molecular weight is 179 g/mol. The van der Waals surface area contributed by atoms with Gasteiger partial charge in [-0.15, -0.1) is 6.58 Å². The summed E-state index contributed by atoms with van der Waals surface area (Å²) < 4.78 is 4.98. The minimum Gasteiger partial charge on any atom is -0.497 e. The molecule has 0 spiro atoms. The van der Waals surface area contributed by atoms with Crippen LogP contribution in [-0.2, 0) is 4.74 Å². The fourth-order valence-corrected chi connectivity index (χ4v) is 0.719. The molecule has 0 radical (unpaired) electrons. The molecular weight excluding hydrogens is 162 g/mol. The average Bonchev–Trinajstić information content (AvgIpc) is 2.17. The number of hydrogen-bond donors (Lipinski definition) is 1. The minimum atomic E-state index is 0.764. The first-order chi connectivity index (χ1) is 6.35. The molecule has 0 atom stereocenters. The summed E-state index contributed by atoms with van der Waals surface area (Å²) in [5, 5.41) is 3.14. The second-order valence-electron chi connectivity index (χ2n) is 2.35. The maximum absolute atomic E-state index is 4.98. The highest BCUT2D eigenvalue weighted by atomic mass is 16.5. The Hall–Kier alpha value is -1.28. The van der Waals surface area contributed by atoms with Crippen molar-refractivity contribution in [3.63, 3.8) is 0 Å². The van der Waals surface area contributed by atoms with Gasteiger partial charge in [-0.2, -0.15) is 0 Å². The van der Waals surface area contributed by atoms with E-state index < -0.39 is 0 Å². The van der Waals surface area contributed by atoms with Crippen molar-refractivity contribution in [1.82, 2.24) is 5.32 Å². The van der Waals surface area contributed by atoms with Crippen molar-refractivity contribution < 1.29 is 4.74 Å². The van der Waals surface area contributed by atoms with Gasteiger partial charge in [0.1, 0.15) is 5.76 Å². The van der Waals surface area contributed by atoms with Crippen LogP contribution < -0.4 is 5.32 Å². The molecule has 0 bridgehead atoms. The topological polar surface area (TPSA) is 21.3 Å². The van der Waals surface area contributed by atoms with Crippen LogP contribution in [0.2, 0.25) is 0 Å². The van der Waals surface area contributed by atoms with Gasteiger partial charge in [-0.3, -0.25) is 0 Å². The lowest BCUT2D eigenvalue weighted by Gasteiger charge is -1.96. The van der Waals surface area contributed by atoms with Crippen LogP contribution in [0.15, 0.2) is 49.3 Å². The highest BCUT2D eigenvalue weighted by Crippen LogP contribution is 1.95. The zero-order valence-corrected chi connectivity index (χ0v) is 8.12. The van der Waals surface area contributed by atoms with E-state index in [1.54, 1.807) is 13.2 Å². The molecule has 0 aliphatic heterocycles. The van der Waals surface area contributed by atoms with Gasteiger partial charge < -0.3 is 10.1 Å². The van der Waals surface area contributed by atoms with Crippen LogP contribution in [0.3, 0.4) is 0 Å². The number of methoxy groups -OCH3 is 1. The monoisotopic (exact) mass is 179 g/mol. The van der Waals surface area contributed by atoms with E-state index in [0.29, 0.717) is 0 Å². The van der Waals surface area contributed by atoms with Gasteiger partial charge in [-0.05, 0) is 12.2 Å². The Kier molecular flexibility index (Phi) is 7.95. The molecule has 72 valence electrons. The highest BCUT2D eigenvalue weighted by Gasteiger charge is 1.81. The summed E-state index contributed by atoms with van der Waals surface area (Å²) in [7, 11) is 1.62. The van der Waals surface area contributed by atoms with Crippen molar-refractivity contribution in [3.05, 3.63) is 49.3 Å². The van der Waals surface area contributed by atoms with E-state index in [1.807, 2.05) is 24.3 Å². The third-order valence-corrected chi connectivity index (χ3v) is 1.38. The zero-order valence-electron chi connectivity index (χ0n) is 8.12. The molecule has 2 heteroatoms. The lowest BCUT2D eigenvalue weighted by molar-refractivity contribution is 0.307. The second-order valence-corrected chi connectivity index (χ2v) is 2.35. The molecule has 0 aliphatic rings. The van der Waals surface area contributed by atoms with Crippen LogP contribution in [0.4, 0.5) is 0 Å². The third-order valence-electron chi connectivity index (χ3n) is 1.38. The Morgan fingerprint density at radius 1 is 1.38 bits per heavy atom. The fraction of sp³-hybridized carbons (Fsp3) is 0.273. The number of hydrogen-bond acceptors (Lipinski definition) is 2. The molecular formula is C11H17NO. The first kappa shape index (κ1) is 11.7. The van der Waals surface area contributed by atoms with Crippen molar-refractivity contribution in [2.45, 2.75) is 0 Å². The van der Waals surface area contributed by atoms with Crippen molar-refractivity contribution in [3.8, 4) is 0 Å². The summed E-state index contributed by atoms with van der Waals surface area (Å²) in [5.74, 6) is 0.764. The van der Waals surface area contributed by atoms with Crippen LogP contribution in [0.25, 0.3) is 0 Å². The minimum absolute atomic E-state index is 0.764. The third kappa shape index (κ3) is 7.09. The molecule has 1 N–H and O–H groups in total. The molecule has 0 heterocycles. The maximum Gasteiger partial charge on any atom is 0.118 e. The molecule has 0 aromatic rings. The Bertz CT molecular complexity index is 204. The molecule has 0 rings (SSSR count). The van der Waals surface area contributed by atoms with E-state index in [2.05, 4.69) is 18.5 Å². The van der Waals surface area contributed by atoms with Crippen molar-refractivity contribution in [2.24, 2.45) is 0 Å². The summed E-state index contributed by atoms with van der Waals surface area (Å²) >= 11 is 0. The summed E-state index contributed by atoms with van der Waals surface area (Å²) in [6.07, 6.45) is 9.29. The van der Waals surface area contributed by atoms with Crippen LogP contribution in [0.1, 0.15) is 0 Å². The van der Waals surface area contributed by atoms with Gasteiger partial charge >= 0.3 is 0 Å². The summed E-state index contributed by atoms with van der Waals surface area (Å²) in [4.78, 5) is 0. The molecule has 2 nitrogen and oxygen atoms in total. The Morgan fingerprint density at radius 3 is 2.69 bits per heavy atom. The predicted molar refractivity (Wildman–Crippen MR) is 57.5 cm³/mol. The molecule has 0 unspecified atom stereocenters. The van der Waals surface area contributed by atoms with E-state index in [1.165, 1.54) is 0 Å². The van der Waals surface area contributed by atoms with Crippen LogP contribution >= 0.6 is 0 Å². The smallest absolute Gasteiger partial charge is 0.118 e. The fourth-order valence-electron chi connectivity index (χ4n) is 0.719. The SMILES string of the molecule is C=CCNC/C=C/C=C(\C=C)OC. The van der Waals surface area contributed by atoms with Crippen LogP contribution in [-0.4, -0.2) is 20.2 Å². The number of ether oxygens (including phenoxy) is 1. The van der Waals surface area contributed by atoms with Crippen LogP contribution in [0, 0.1) is 0 Å². The Balaban J connectivity index is 3.65. The normalized spacial score (nSPS) is 11.6. The Morgan fingerprint density at radius 2 is 2.15 bits per heavy atom. The molecule has 13 heavy (non-hydrogen) atoms. The molecule has 0 saturated heterocycles. The van der Waals surface area contributed by atoms with Gasteiger partial charge in [0.05, 0.1) is 7.11 Å². The lowest BCUT2D eigenvalue weighted by atomic mass is 10.4. The van der Waals surface area contributed by atoms with E-state index in [0.717, 1.165) is 18.8 Å². The quantitative estimate of drug-likeness (QED) is 0.279. The predicted octanol–water partition coefficient (Wildman–Crippen LogP) is 2.03. The molecule has 0 aromatic carbocycles. The first-order valence-electron chi connectivity index (χ1n) is 4.20. The Labute approximate surface area is 80.3 Å². The highest BCUT2D eigenvalue weighted by molar-refractivity contribution is 5.16. The van der Waals surface area contributed by atoms with Gasteiger partial charge in [0.25, 0.3) is 0 Å². The molecule has 0 fully saturated rings. The van der Waals surface area contributed by atoms with E-state index in [-0.39, 0.29) is 0 Å². The van der Waals surface area contributed by atoms with E-state index in [9.17, 15) is 0 Å². The molecule has 0 aromatic heterocycles. The van der Waals surface area contributed by atoms with Gasteiger partial charge in [0.2, 0.25) is 0 Å². The van der Waals surface area contributed by atoms with Gasteiger partial charge in [0.15, 0.2) is 0 Å². The number of nitrogens with one attached hydrogen (secondary N) is 1. The van der Waals surface area contributed by atoms with Gasteiger partial charge in [0, 0.05) is 13.1 Å². The van der Waals surface area contributed by atoms with E-state index in [4.69, 9.17) is 4.74 Å². The zero-order chi connectivity index (χ0) is 9.94. The van der Waals surface area contributed by atoms with Crippen molar-refractivity contribution in [1.29, 1.82) is 0 Å². The summed E-state index contributed by atoms with van der Waals surface area (Å²) in [5.41, 5.74) is 0. The molecule has 0 amide bonds. The number of rotatable bonds is 7. The standard InChI is InChI=1S/C11H17NO/c1-4-9-12-10-7-6-8-11(5-2)13-3/h4-8,12H,1-2,9-10H2,3H3/b7-6+,11-8+. The van der Waals surface area contributed by atoms with E-state index >= 15 is 0 Å². The summed E-state index contributed by atoms with van der Waals surface area (Å²) in [6, 6.07) is 0. The second kappa shape index (κ2) is 8.81. The lowest BCUT2D eigenvalue weighted by Crippen LogP contribution is -2.12. The largest absolute Gasteiger partial charge is 0.497 e. The van der Waals surface area contributed by atoms with Gasteiger partial charge in [-0.1, -0.05) is 24.8 Å². The molecule has 0 saturated carbocycles. The number of allylic oxidation sites excluding steroid dienone is 3. The van der Waals surface area contributed by atoms with Crippen molar-refractivity contribution >= 4 is 0 Å². The molecule has 0 aliphatic carbocycles. The van der Waals surface area contributed by atoms with Crippen LogP contribution in [0.5, 0.6) is 0 Å². The van der Waals surface area contributed by atoms with Gasteiger partial charge in [-0.25, -0.2) is 0 Å². The summed E-state index contributed by atoms with van der Waals surface area (Å²) in [6.45, 7) is 8.86. The maximum atomic E-state index is 4.98. The first-order valence-corrected chi connectivity index (χ1v) is 4.20. The van der Waals surface area contributed by atoms with Crippen molar-refractivity contribution in [2.75, 3.05) is 20.2 Å².